The number of piperidine rings is 1. The number of nitrogens with zero attached hydrogens (tertiary/aromatic N) is 3. The summed E-state index contributed by atoms with van der Waals surface area (Å²) >= 11 is 0. The summed E-state index contributed by atoms with van der Waals surface area (Å²) in [6.07, 6.45) is 4.61. The lowest BCUT2D eigenvalue weighted by Crippen LogP contribution is -2.47. The zero-order valence-electron chi connectivity index (χ0n) is 13.7. The fraction of sp³-hybridized carbons (Fsp3) is 0.632. The minimum Gasteiger partial charge on any atom is -0.302 e. The molecule has 0 bridgehead atoms. The molecule has 3 nitrogen and oxygen atoms in total. The van der Waals surface area contributed by atoms with Gasteiger partial charge < -0.3 is 4.90 Å². The van der Waals surface area contributed by atoms with E-state index in [1.807, 2.05) is 6.07 Å². The first-order valence-corrected chi connectivity index (χ1v) is 8.70. The van der Waals surface area contributed by atoms with E-state index in [0.29, 0.717) is 0 Å². The highest BCUT2D eigenvalue weighted by Gasteiger charge is 2.37. The Morgan fingerprint density at radius 2 is 1.91 bits per heavy atom. The van der Waals surface area contributed by atoms with Crippen LogP contribution >= 0.6 is 0 Å². The molecular formula is C19H27N3. The Hall–Kier alpha value is -1.37. The molecule has 2 fully saturated rings. The van der Waals surface area contributed by atoms with Crippen LogP contribution in [0.3, 0.4) is 0 Å². The smallest absolute Gasteiger partial charge is 0.0846 e. The molecule has 0 radical (unpaired) electrons. The second-order valence-corrected chi connectivity index (χ2v) is 6.79. The molecule has 3 rings (SSSR count). The Morgan fingerprint density at radius 1 is 1.18 bits per heavy atom. The number of benzene rings is 1. The summed E-state index contributed by atoms with van der Waals surface area (Å²) in [5, 5.41) is 9.77. The Balaban J connectivity index is 1.61. The minimum absolute atomic E-state index is 0.266. The third-order valence-electron chi connectivity index (χ3n) is 5.62. The molecule has 3 heteroatoms. The van der Waals surface area contributed by atoms with Crippen LogP contribution in [0.25, 0.3) is 0 Å². The van der Waals surface area contributed by atoms with Gasteiger partial charge in [-0.15, -0.1) is 0 Å². The van der Waals surface area contributed by atoms with Crippen LogP contribution in [-0.4, -0.2) is 48.6 Å². The molecule has 1 aromatic carbocycles. The fourth-order valence-electron chi connectivity index (χ4n) is 4.16. The van der Waals surface area contributed by atoms with Gasteiger partial charge in [0.1, 0.15) is 0 Å². The van der Waals surface area contributed by atoms with Gasteiger partial charge in [-0.2, -0.15) is 5.26 Å². The Kier molecular flexibility index (Phi) is 4.81. The highest BCUT2D eigenvalue weighted by molar-refractivity contribution is 5.33. The number of likely N-dealkylation sites (N-methyl/N-ethyl adjacent to an activating group) is 1. The summed E-state index contributed by atoms with van der Waals surface area (Å²) in [5.74, 6) is 0. The first-order valence-electron chi connectivity index (χ1n) is 8.70. The number of hydrogen-bond acceptors (Lipinski definition) is 3. The molecule has 0 saturated carbocycles. The van der Waals surface area contributed by atoms with E-state index in [9.17, 15) is 5.26 Å². The molecule has 0 aromatic heterocycles. The van der Waals surface area contributed by atoms with E-state index in [1.165, 1.54) is 38.0 Å². The normalized spacial score (nSPS) is 25.9. The molecular weight excluding hydrogens is 270 g/mol. The maximum Gasteiger partial charge on any atom is 0.0846 e. The third kappa shape index (κ3) is 3.04. The SMILES string of the molecule is CCN1CCC[C@@H]1CN1CCC(C#N)(c2ccccc2)CC1. The van der Waals surface area contributed by atoms with E-state index in [0.717, 1.165) is 32.0 Å². The second kappa shape index (κ2) is 6.81. The lowest BCUT2D eigenvalue weighted by atomic mass is 9.74. The molecule has 0 N–H and O–H groups in total. The maximum absolute atomic E-state index is 9.77. The summed E-state index contributed by atoms with van der Waals surface area (Å²) in [4.78, 5) is 5.19. The van der Waals surface area contributed by atoms with Crippen molar-refractivity contribution in [2.75, 3.05) is 32.7 Å². The van der Waals surface area contributed by atoms with Gasteiger partial charge in [-0.25, -0.2) is 0 Å². The first kappa shape index (κ1) is 15.5. The van der Waals surface area contributed by atoms with Crippen molar-refractivity contribution in [3.05, 3.63) is 35.9 Å². The van der Waals surface area contributed by atoms with Crippen LogP contribution in [0.5, 0.6) is 0 Å². The first-order chi connectivity index (χ1) is 10.8. The zero-order chi connectivity index (χ0) is 15.4. The molecule has 2 aliphatic rings. The number of nitriles is 1. The van der Waals surface area contributed by atoms with Gasteiger partial charge >= 0.3 is 0 Å². The fourth-order valence-corrected chi connectivity index (χ4v) is 4.16. The van der Waals surface area contributed by atoms with Crippen molar-refractivity contribution >= 4 is 0 Å². The van der Waals surface area contributed by atoms with Gasteiger partial charge in [-0.3, -0.25) is 4.90 Å². The molecule has 0 aliphatic carbocycles. The largest absolute Gasteiger partial charge is 0.302 e. The average Bonchev–Trinajstić information content (AvgIpc) is 3.04. The molecule has 0 amide bonds. The van der Waals surface area contributed by atoms with Crippen molar-refractivity contribution in [3.63, 3.8) is 0 Å². The number of likely N-dealkylation sites (tertiary alicyclic amines) is 2. The van der Waals surface area contributed by atoms with E-state index >= 15 is 0 Å². The van der Waals surface area contributed by atoms with Crippen molar-refractivity contribution in [1.29, 1.82) is 5.26 Å². The minimum atomic E-state index is -0.266. The molecule has 0 spiro atoms. The van der Waals surface area contributed by atoms with Gasteiger partial charge in [-0.1, -0.05) is 37.3 Å². The molecule has 2 heterocycles. The van der Waals surface area contributed by atoms with E-state index in [4.69, 9.17) is 0 Å². The van der Waals surface area contributed by atoms with E-state index in [2.05, 4.69) is 47.1 Å². The molecule has 1 aromatic rings. The molecule has 0 unspecified atom stereocenters. The summed E-state index contributed by atoms with van der Waals surface area (Å²) < 4.78 is 0. The third-order valence-corrected chi connectivity index (χ3v) is 5.62. The number of hydrogen-bond donors (Lipinski definition) is 0. The van der Waals surface area contributed by atoms with Crippen LogP contribution in [0.1, 0.15) is 38.2 Å². The van der Waals surface area contributed by atoms with Crippen LogP contribution in [-0.2, 0) is 5.41 Å². The highest BCUT2D eigenvalue weighted by Crippen LogP contribution is 2.35. The molecule has 118 valence electrons. The lowest BCUT2D eigenvalue weighted by molar-refractivity contribution is 0.136. The van der Waals surface area contributed by atoms with Gasteiger partial charge in [0.05, 0.1) is 11.5 Å². The topological polar surface area (TPSA) is 30.3 Å². The predicted molar refractivity (Wildman–Crippen MR) is 89.7 cm³/mol. The lowest BCUT2D eigenvalue weighted by Gasteiger charge is -2.39. The molecule has 2 saturated heterocycles. The van der Waals surface area contributed by atoms with Crippen LogP contribution in [0.2, 0.25) is 0 Å². The summed E-state index contributed by atoms with van der Waals surface area (Å²) in [6.45, 7) is 7.99. The summed E-state index contributed by atoms with van der Waals surface area (Å²) in [7, 11) is 0. The molecule has 1 atom stereocenters. The van der Waals surface area contributed by atoms with Crippen molar-refractivity contribution < 1.29 is 0 Å². The quantitative estimate of drug-likeness (QED) is 0.856. The zero-order valence-corrected chi connectivity index (χ0v) is 13.7. The van der Waals surface area contributed by atoms with Crippen molar-refractivity contribution in [3.8, 4) is 6.07 Å². The Labute approximate surface area is 134 Å². The van der Waals surface area contributed by atoms with Gasteiger partial charge in [0, 0.05) is 25.7 Å². The van der Waals surface area contributed by atoms with E-state index in [1.54, 1.807) is 0 Å². The maximum atomic E-state index is 9.77. The Bertz CT molecular complexity index is 511. The van der Waals surface area contributed by atoms with Crippen LogP contribution in [0.15, 0.2) is 30.3 Å². The second-order valence-electron chi connectivity index (χ2n) is 6.79. The molecule has 22 heavy (non-hydrogen) atoms. The van der Waals surface area contributed by atoms with Crippen LogP contribution < -0.4 is 0 Å². The van der Waals surface area contributed by atoms with Gasteiger partial charge in [-0.05, 0) is 44.3 Å². The van der Waals surface area contributed by atoms with E-state index in [-0.39, 0.29) is 5.41 Å². The van der Waals surface area contributed by atoms with Gasteiger partial charge in [0.15, 0.2) is 0 Å². The molecule has 2 aliphatic heterocycles. The van der Waals surface area contributed by atoms with Crippen molar-refractivity contribution in [2.45, 2.75) is 44.1 Å². The number of rotatable bonds is 4. The standard InChI is InChI=1S/C19H27N3/c1-2-22-12-6-9-18(22)15-21-13-10-19(16-20,11-14-21)17-7-4-3-5-8-17/h3-5,7-8,18H,2,6,9-15H2,1H3/t18-/m1/s1. The summed E-state index contributed by atoms with van der Waals surface area (Å²) in [5.41, 5.74) is 0.936. The van der Waals surface area contributed by atoms with Crippen molar-refractivity contribution in [2.24, 2.45) is 0 Å². The van der Waals surface area contributed by atoms with Gasteiger partial charge in [0.25, 0.3) is 0 Å². The van der Waals surface area contributed by atoms with Crippen molar-refractivity contribution in [1.82, 2.24) is 9.80 Å². The van der Waals surface area contributed by atoms with E-state index < -0.39 is 0 Å². The predicted octanol–water partition coefficient (Wildman–Crippen LogP) is 3.03. The Morgan fingerprint density at radius 3 is 2.55 bits per heavy atom. The average molecular weight is 297 g/mol. The monoisotopic (exact) mass is 297 g/mol. The van der Waals surface area contributed by atoms with Crippen LogP contribution in [0.4, 0.5) is 0 Å². The highest BCUT2D eigenvalue weighted by atomic mass is 15.2. The summed E-state index contributed by atoms with van der Waals surface area (Å²) in [6, 6.07) is 13.7. The van der Waals surface area contributed by atoms with Crippen LogP contribution in [0, 0.1) is 11.3 Å². The van der Waals surface area contributed by atoms with Gasteiger partial charge in [0.2, 0.25) is 0 Å².